The summed E-state index contributed by atoms with van der Waals surface area (Å²) in [5.41, 5.74) is 2.20. The van der Waals surface area contributed by atoms with Crippen LogP contribution in [0.4, 0.5) is 0 Å². The number of carbonyl (C=O) groups excluding carboxylic acids is 2. The number of carbonyl (C=O) groups is 2. The van der Waals surface area contributed by atoms with Crippen molar-refractivity contribution in [2.45, 2.75) is 78.0 Å². The van der Waals surface area contributed by atoms with Crippen LogP contribution in [0, 0.1) is 0 Å². The van der Waals surface area contributed by atoms with Gasteiger partial charge in [0.05, 0.1) is 17.9 Å². The second kappa shape index (κ2) is 9.35. The van der Waals surface area contributed by atoms with Crippen LogP contribution in [0.25, 0.3) is 0 Å². The first-order valence-corrected chi connectivity index (χ1v) is 10.4. The molecule has 2 aliphatic heterocycles. The van der Waals surface area contributed by atoms with Crippen LogP contribution in [-0.2, 0) is 29.2 Å². The van der Waals surface area contributed by atoms with Crippen LogP contribution in [0.5, 0.6) is 0 Å². The molecular weight excluding hydrogens is 342 g/mol. The van der Waals surface area contributed by atoms with Gasteiger partial charge in [-0.15, -0.1) is 0 Å². The molecule has 1 aromatic heterocycles. The Bertz CT molecular complexity index is 649. The second-order valence-corrected chi connectivity index (χ2v) is 7.93. The van der Waals surface area contributed by atoms with Crippen molar-refractivity contribution in [3.63, 3.8) is 0 Å². The van der Waals surface area contributed by atoms with Gasteiger partial charge in [0.2, 0.25) is 11.8 Å². The van der Waals surface area contributed by atoms with Crippen LogP contribution in [0.2, 0.25) is 0 Å². The molecule has 0 aromatic carbocycles. The fourth-order valence-electron chi connectivity index (χ4n) is 4.13. The highest BCUT2D eigenvalue weighted by Gasteiger charge is 2.25. The van der Waals surface area contributed by atoms with Gasteiger partial charge in [0.1, 0.15) is 6.04 Å². The lowest BCUT2D eigenvalue weighted by molar-refractivity contribution is -0.136. The van der Waals surface area contributed by atoms with Crippen LogP contribution in [0.1, 0.15) is 63.8 Å². The minimum atomic E-state index is -0.488. The number of aryl methyl sites for hydroxylation is 1. The Kier molecular flexibility index (Phi) is 6.88. The van der Waals surface area contributed by atoms with E-state index in [9.17, 15) is 9.59 Å². The lowest BCUT2D eigenvalue weighted by atomic mass is 10.1. The third-order valence-corrected chi connectivity index (χ3v) is 5.50. The molecule has 1 fully saturated rings. The Labute approximate surface area is 162 Å². The molecule has 3 rings (SSSR count). The van der Waals surface area contributed by atoms with E-state index in [4.69, 9.17) is 5.10 Å². The van der Waals surface area contributed by atoms with Crippen molar-refractivity contribution in [3.8, 4) is 0 Å². The molecule has 27 heavy (non-hydrogen) atoms. The normalized spacial score (nSPS) is 20.1. The minimum Gasteiger partial charge on any atom is -0.345 e. The molecule has 150 valence electrons. The summed E-state index contributed by atoms with van der Waals surface area (Å²) in [6.07, 6.45) is 7.47. The molecule has 1 saturated heterocycles. The van der Waals surface area contributed by atoms with E-state index < -0.39 is 6.04 Å². The van der Waals surface area contributed by atoms with Gasteiger partial charge in [-0.3, -0.25) is 19.2 Å². The summed E-state index contributed by atoms with van der Waals surface area (Å²) < 4.78 is 2.07. The van der Waals surface area contributed by atoms with E-state index >= 15 is 0 Å². The molecule has 2 aliphatic rings. The van der Waals surface area contributed by atoms with Crippen molar-refractivity contribution in [1.29, 1.82) is 0 Å². The van der Waals surface area contributed by atoms with Crippen LogP contribution < -0.4 is 5.32 Å². The lowest BCUT2D eigenvalue weighted by Crippen LogP contribution is -2.46. The molecule has 1 aromatic rings. The highest BCUT2D eigenvalue weighted by atomic mass is 16.2. The molecule has 7 heteroatoms. The van der Waals surface area contributed by atoms with Gasteiger partial charge >= 0.3 is 0 Å². The Balaban J connectivity index is 1.63. The van der Waals surface area contributed by atoms with E-state index in [0.717, 1.165) is 44.0 Å². The Hall–Kier alpha value is -1.89. The van der Waals surface area contributed by atoms with E-state index in [1.807, 2.05) is 4.90 Å². The van der Waals surface area contributed by atoms with Crippen molar-refractivity contribution < 1.29 is 9.59 Å². The maximum absolute atomic E-state index is 12.7. The predicted molar refractivity (Wildman–Crippen MR) is 104 cm³/mol. The molecule has 1 N–H and O–H groups in total. The third kappa shape index (κ3) is 5.54. The summed E-state index contributed by atoms with van der Waals surface area (Å²) in [5, 5.41) is 7.51. The number of hydrogen-bond donors (Lipinski definition) is 1. The number of fused-ring (bicyclic) bond motifs is 1. The zero-order valence-electron chi connectivity index (χ0n) is 16.7. The molecule has 0 saturated carbocycles. The SMILES string of the molecule is CC(=O)N[C@@H](C)C(=O)N1CCCn2nc(CN3CCCCCCC3)cc2C1. The zero-order chi connectivity index (χ0) is 19.2. The fraction of sp³-hybridized carbons (Fsp3) is 0.750. The van der Waals surface area contributed by atoms with Crippen LogP contribution in [0.15, 0.2) is 6.07 Å². The molecule has 0 radical (unpaired) electrons. The predicted octanol–water partition coefficient (Wildman–Crippen LogP) is 1.91. The van der Waals surface area contributed by atoms with Crippen molar-refractivity contribution in [3.05, 3.63) is 17.5 Å². The number of nitrogens with zero attached hydrogens (tertiary/aromatic N) is 4. The van der Waals surface area contributed by atoms with Gasteiger partial charge < -0.3 is 10.2 Å². The first-order chi connectivity index (χ1) is 13.0. The van der Waals surface area contributed by atoms with E-state index in [-0.39, 0.29) is 11.8 Å². The maximum Gasteiger partial charge on any atom is 0.245 e. The molecular formula is C20H33N5O2. The van der Waals surface area contributed by atoms with Crippen LogP contribution in [-0.4, -0.2) is 57.1 Å². The standard InChI is InChI=1S/C20H33N5O2/c1-16(21-17(2)26)20(27)24-11-8-12-25-19(15-24)13-18(22-25)14-23-9-6-4-3-5-7-10-23/h13,16H,3-12,14-15H2,1-2H3,(H,21,26)/t16-/m0/s1. The van der Waals surface area contributed by atoms with Gasteiger partial charge in [-0.05, 0) is 45.3 Å². The van der Waals surface area contributed by atoms with Gasteiger partial charge in [0.15, 0.2) is 0 Å². The van der Waals surface area contributed by atoms with Crippen molar-refractivity contribution in [2.24, 2.45) is 0 Å². The summed E-state index contributed by atoms with van der Waals surface area (Å²) in [4.78, 5) is 28.3. The smallest absolute Gasteiger partial charge is 0.245 e. The molecule has 0 unspecified atom stereocenters. The van der Waals surface area contributed by atoms with Crippen molar-refractivity contribution in [2.75, 3.05) is 19.6 Å². The molecule has 1 atom stereocenters. The Morgan fingerprint density at radius 2 is 1.78 bits per heavy atom. The van der Waals surface area contributed by atoms with Gasteiger partial charge in [-0.25, -0.2) is 0 Å². The number of likely N-dealkylation sites (tertiary alicyclic amines) is 1. The summed E-state index contributed by atoms with van der Waals surface area (Å²) in [7, 11) is 0. The molecule has 0 bridgehead atoms. The monoisotopic (exact) mass is 375 g/mol. The fourth-order valence-corrected chi connectivity index (χ4v) is 4.13. The molecule has 0 spiro atoms. The average Bonchev–Trinajstić information content (AvgIpc) is 2.85. The summed E-state index contributed by atoms with van der Waals surface area (Å²) >= 11 is 0. The number of aromatic nitrogens is 2. The highest BCUT2D eigenvalue weighted by molar-refractivity contribution is 5.86. The van der Waals surface area contributed by atoms with E-state index in [1.165, 1.54) is 39.0 Å². The number of nitrogens with one attached hydrogen (secondary N) is 1. The second-order valence-electron chi connectivity index (χ2n) is 7.93. The highest BCUT2D eigenvalue weighted by Crippen LogP contribution is 2.17. The number of amides is 2. The molecule has 3 heterocycles. The van der Waals surface area contributed by atoms with Crippen molar-refractivity contribution in [1.82, 2.24) is 24.9 Å². The minimum absolute atomic E-state index is 0.0230. The van der Waals surface area contributed by atoms with E-state index in [0.29, 0.717) is 13.1 Å². The summed E-state index contributed by atoms with van der Waals surface area (Å²) in [5.74, 6) is -0.198. The first-order valence-electron chi connectivity index (χ1n) is 10.4. The quantitative estimate of drug-likeness (QED) is 0.873. The first kappa shape index (κ1) is 19.9. The van der Waals surface area contributed by atoms with Gasteiger partial charge in [-0.1, -0.05) is 19.3 Å². The molecule has 7 nitrogen and oxygen atoms in total. The summed E-state index contributed by atoms with van der Waals surface area (Å²) in [6.45, 7) is 8.51. The number of rotatable bonds is 4. The maximum atomic E-state index is 12.7. The molecule has 2 amide bonds. The summed E-state index contributed by atoms with van der Waals surface area (Å²) in [6, 6.07) is 1.67. The van der Waals surface area contributed by atoms with E-state index in [2.05, 4.69) is 21.0 Å². The van der Waals surface area contributed by atoms with Gasteiger partial charge in [-0.2, -0.15) is 5.10 Å². The van der Waals surface area contributed by atoms with Gasteiger partial charge in [0, 0.05) is 26.6 Å². The molecule has 0 aliphatic carbocycles. The van der Waals surface area contributed by atoms with Crippen LogP contribution >= 0.6 is 0 Å². The Morgan fingerprint density at radius 3 is 2.48 bits per heavy atom. The topological polar surface area (TPSA) is 70.5 Å². The average molecular weight is 376 g/mol. The zero-order valence-corrected chi connectivity index (χ0v) is 16.7. The Morgan fingerprint density at radius 1 is 1.07 bits per heavy atom. The lowest BCUT2D eigenvalue weighted by Gasteiger charge is -2.24. The third-order valence-electron chi connectivity index (χ3n) is 5.50. The van der Waals surface area contributed by atoms with Crippen molar-refractivity contribution >= 4 is 11.8 Å². The van der Waals surface area contributed by atoms with Crippen LogP contribution in [0.3, 0.4) is 0 Å². The largest absolute Gasteiger partial charge is 0.345 e. The van der Waals surface area contributed by atoms with Gasteiger partial charge in [0.25, 0.3) is 0 Å². The number of hydrogen-bond acceptors (Lipinski definition) is 4. The van der Waals surface area contributed by atoms with E-state index in [1.54, 1.807) is 6.92 Å².